The first kappa shape index (κ1) is 12.8. The molecule has 0 amide bonds. The molecule has 1 N–H and O–H groups in total. The molecule has 1 nitrogen and oxygen atoms in total. The van der Waals surface area contributed by atoms with Gasteiger partial charge >= 0.3 is 0 Å². The van der Waals surface area contributed by atoms with Gasteiger partial charge in [-0.05, 0) is 43.2 Å². The molecule has 0 aliphatic heterocycles. The maximum atomic E-state index is 3.71. The summed E-state index contributed by atoms with van der Waals surface area (Å²) in [5, 5.41) is 3.71. The standard InChI is InChI=1S/C15H23NS/c1-3-12-6-4-7-13(10-12)16-14-8-5-9-15(11-14)17-2/h5,8-9,11-13,16H,3-4,6-7,10H2,1-2H3. The Morgan fingerprint density at radius 2 is 2.24 bits per heavy atom. The van der Waals surface area contributed by atoms with Crippen LogP contribution in [0.3, 0.4) is 0 Å². The van der Waals surface area contributed by atoms with Crippen LogP contribution in [0.15, 0.2) is 29.2 Å². The lowest BCUT2D eigenvalue weighted by molar-refractivity contribution is 0.327. The van der Waals surface area contributed by atoms with Gasteiger partial charge in [0.15, 0.2) is 0 Å². The van der Waals surface area contributed by atoms with E-state index in [4.69, 9.17) is 0 Å². The zero-order valence-corrected chi connectivity index (χ0v) is 11.7. The molecular formula is C15H23NS. The van der Waals surface area contributed by atoms with E-state index in [1.165, 1.54) is 42.7 Å². The van der Waals surface area contributed by atoms with E-state index >= 15 is 0 Å². The summed E-state index contributed by atoms with van der Waals surface area (Å²) in [6.07, 6.45) is 8.97. The maximum absolute atomic E-state index is 3.71. The number of nitrogens with one attached hydrogen (secondary N) is 1. The van der Waals surface area contributed by atoms with Crippen molar-refractivity contribution in [3.05, 3.63) is 24.3 Å². The molecule has 0 radical (unpaired) electrons. The lowest BCUT2D eigenvalue weighted by Crippen LogP contribution is -2.27. The molecule has 0 heterocycles. The lowest BCUT2D eigenvalue weighted by Gasteiger charge is -2.29. The highest BCUT2D eigenvalue weighted by Crippen LogP contribution is 2.29. The van der Waals surface area contributed by atoms with Crippen LogP contribution in [0, 0.1) is 5.92 Å². The quantitative estimate of drug-likeness (QED) is 0.770. The Morgan fingerprint density at radius 3 is 3.00 bits per heavy atom. The molecule has 0 aromatic heterocycles. The van der Waals surface area contributed by atoms with E-state index in [1.54, 1.807) is 0 Å². The lowest BCUT2D eigenvalue weighted by atomic mass is 9.84. The molecule has 2 rings (SSSR count). The normalized spacial score (nSPS) is 24.6. The predicted octanol–water partition coefficient (Wildman–Crippen LogP) is 4.79. The molecule has 1 aromatic rings. The molecule has 2 unspecified atom stereocenters. The van der Waals surface area contributed by atoms with Gasteiger partial charge in [-0.3, -0.25) is 0 Å². The summed E-state index contributed by atoms with van der Waals surface area (Å²) in [5.74, 6) is 0.935. The van der Waals surface area contributed by atoms with E-state index in [0.717, 1.165) is 5.92 Å². The first-order chi connectivity index (χ1) is 8.31. The molecule has 1 fully saturated rings. The van der Waals surface area contributed by atoms with Gasteiger partial charge in [0.25, 0.3) is 0 Å². The minimum Gasteiger partial charge on any atom is -0.382 e. The molecule has 1 aliphatic rings. The summed E-state index contributed by atoms with van der Waals surface area (Å²) < 4.78 is 0. The molecule has 0 bridgehead atoms. The van der Waals surface area contributed by atoms with E-state index < -0.39 is 0 Å². The fourth-order valence-electron chi connectivity index (χ4n) is 2.74. The average Bonchev–Trinajstić information content (AvgIpc) is 2.39. The molecule has 17 heavy (non-hydrogen) atoms. The first-order valence-electron chi connectivity index (χ1n) is 6.72. The van der Waals surface area contributed by atoms with Crippen LogP contribution in [0.4, 0.5) is 5.69 Å². The molecule has 1 saturated carbocycles. The van der Waals surface area contributed by atoms with Crippen molar-refractivity contribution < 1.29 is 0 Å². The number of anilines is 1. The zero-order chi connectivity index (χ0) is 12.1. The Labute approximate surface area is 109 Å². The van der Waals surface area contributed by atoms with Crippen LogP contribution in [-0.4, -0.2) is 12.3 Å². The second kappa shape index (κ2) is 6.34. The number of hydrogen-bond acceptors (Lipinski definition) is 2. The Morgan fingerprint density at radius 1 is 1.35 bits per heavy atom. The van der Waals surface area contributed by atoms with Gasteiger partial charge in [0.2, 0.25) is 0 Å². The first-order valence-corrected chi connectivity index (χ1v) is 7.95. The largest absolute Gasteiger partial charge is 0.382 e. The highest BCUT2D eigenvalue weighted by Gasteiger charge is 2.20. The molecule has 2 atom stereocenters. The Kier molecular flexibility index (Phi) is 4.78. The van der Waals surface area contributed by atoms with Gasteiger partial charge in [-0.25, -0.2) is 0 Å². The van der Waals surface area contributed by atoms with Gasteiger partial charge in [0, 0.05) is 16.6 Å². The highest BCUT2D eigenvalue weighted by atomic mass is 32.2. The molecular weight excluding hydrogens is 226 g/mol. The van der Waals surface area contributed by atoms with Crippen molar-refractivity contribution in [2.24, 2.45) is 5.92 Å². The smallest absolute Gasteiger partial charge is 0.0353 e. The van der Waals surface area contributed by atoms with Gasteiger partial charge in [-0.2, -0.15) is 0 Å². The molecule has 94 valence electrons. The summed E-state index contributed by atoms with van der Waals surface area (Å²) in [5.41, 5.74) is 1.29. The van der Waals surface area contributed by atoms with Crippen molar-refractivity contribution in [2.75, 3.05) is 11.6 Å². The fourth-order valence-corrected chi connectivity index (χ4v) is 3.20. The molecule has 0 saturated heterocycles. The van der Waals surface area contributed by atoms with Crippen LogP contribution >= 0.6 is 11.8 Å². The van der Waals surface area contributed by atoms with Crippen molar-refractivity contribution in [1.82, 2.24) is 0 Å². The number of rotatable bonds is 4. The topological polar surface area (TPSA) is 12.0 Å². The average molecular weight is 249 g/mol. The van der Waals surface area contributed by atoms with E-state index in [2.05, 4.69) is 42.8 Å². The third kappa shape index (κ3) is 3.67. The van der Waals surface area contributed by atoms with Gasteiger partial charge in [0.1, 0.15) is 0 Å². The van der Waals surface area contributed by atoms with Crippen molar-refractivity contribution in [2.45, 2.75) is 50.0 Å². The van der Waals surface area contributed by atoms with Crippen LogP contribution in [0.5, 0.6) is 0 Å². The minimum atomic E-state index is 0.686. The summed E-state index contributed by atoms with van der Waals surface area (Å²) >= 11 is 1.81. The zero-order valence-electron chi connectivity index (χ0n) is 10.9. The molecule has 1 aliphatic carbocycles. The van der Waals surface area contributed by atoms with E-state index in [0.29, 0.717) is 6.04 Å². The summed E-state index contributed by atoms with van der Waals surface area (Å²) in [6.45, 7) is 2.32. The second-order valence-corrected chi connectivity index (χ2v) is 5.89. The molecule has 0 spiro atoms. The van der Waals surface area contributed by atoms with Crippen molar-refractivity contribution >= 4 is 17.4 Å². The maximum Gasteiger partial charge on any atom is 0.0353 e. The van der Waals surface area contributed by atoms with Crippen molar-refractivity contribution in [3.8, 4) is 0 Å². The number of thioether (sulfide) groups is 1. The molecule has 1 aromatic carbocycles. The second-order valence-electron chi connectivity index (χ2n) is 5.01. The third-order valence-corrected chi connectivity index (χ3v) is 4.53. The Bertz CT molecular complexity index is 351. The van der Waals surface area contributed by atoms with Gasteiger partial charge in [-0.1, -0.05) is 32.3 Å². The summed E-state index contributed by atoms with van der Waals surface area (Å²) in [6, 6.07) is 9.46. The van der Waals surface area contributed by atoms with Crippen LogP contribution in [0.25, 0.3) is 0 Å². The van der Waals surface area contributed by atoms with Crippen molar-refractivity contribution in [1.29, 1.82) is 0 Å². The minimum absolute atomic E-state index is 0.686. The van der Waals surface area contributed by atoms with E-state index in [-0.39, 0.29) is 0 Å². The monoisotopic (exact) mass is 249 g/mol. The van der Waals surface area contributed by atoms with Crippen LogP contribution in [-0.2, 0) is 0 Å². The predicted molar refractivity (Wildman–Crippen MR) is 77.9 cm³/mol. The van der Waals surface area contributed by atoms with Gasteiger partial charge in [0.05, 0.1) is 0 Å². The third-order valence-electron chi connectivity index (χ3n) is 3.80. The summed E-state index contributed by atoms with van der Waals surface area (Å²) in [7, 11) is 0. The van der Waals surface area contributed by atoms with Gasteiger partial charge in [-0.15, -0.1) is 11.8 Å². The Balaban J connectivity index is 1.95. The number of benzene rings is 1. The number of hydrogen-bond donors (Lipinski definition) is 1. The fraction of sp³-hybridized carbons (Fsp3) is 0.600. The molecule has 2 heteroatoms. The van der Waals surface area contributed by atoms with Crippen LogP contribution in [0.1, 0.15) is 39.0 Å². The Hall–Kier alpha value is -0.630. The van der Waals surface area contributed by atoms with E-state index in [9.17, 15) is 0 Å². The SMILES string of the molecule is CCC1CCCC(Nc2cccc(SC)c2)C1. The van der Waals surface area contributed by atoms with Crippen LogP contribution in [0.2, 0.25) is 0 Å². The van der Waals surface area contributed by atoms with Crippen molar-refractivity contribution in [3.63, 3.8) is 0 Å². The van der Waals surface area contributed by atoms with E-state index in [1.807, 2.05) is 11.8 Å². The van der Waals surface area contributed by atoms with Crippen LogP contribution < -0.4 is 5.32 Å². The van der Waals surface area contributed by atoms with Gasteiger partial charge < -0.3 is 5.32 Å². The highest BCUT2D eigenvalue weighted by molar-refractivity contribution is 7.98. The summed E-state index contributed by atoms with van der Waals surface area (Å²) in [4.78, 5) is 1.35.